The second-order valence-corrected chi connectivity index (χ2v) is 7.24. The SMILES string of the molecule is CC1(C)CC[C@@H](O)[C@]2(C)C1=CC[C@H]2C1CCOC1=O. The number of ether oxygens (including phenoxy) is 1. The van der Waals surface area contributed by atoms with Gasteiger partial charge in [0.25, 0.3) is 0 Å². The van der Waals surface area contributed by atoms with Gasteiger partial charge >= 0.3 is 5.97 Å². The monoisotopic (exact) mass is 264 g/mol. The van der Waals surface area contributed by atoms with E-state index >= 15 is 0 Å². The molecule has 0 spiro atoms. The first kappa shape index (κ1) is 13.2. The molecule has 4 atom stereocenters. The molecule has 0 aromatic heterocycles. The van der Waals surface area contributed by atoms with Gasteiger partial charge in [0.2, 0.25) is 0 Å². The van der Waals surface area contributed by atoms with Gasteiger partial charge in [0.1, 0.15) is 0 Å². The summed E-state index contributed by atoms with van der Waals surface area (Å²) in [6.07, 6.45) is 5.54. The van der Waals surface area contributed by atoms with Crippen LogP contribution in [0.15, 0.2) is 11.6 Å². The Labute approximate surface area is 115 Å². The summed E-state index contributed by atoms with van der Waals surface area (Å²) in [4.78, 5) is 11.9. The molecule has 3 nitrogen and oxygen atoms in total. The number of hydrogen-bond acceptors (Lipinski definition) is 3. The van der Waals surface area contributed by atoms with Crippen molar-refractivity contribution in [2.75, 3.05) is 6.61 Å². The molecule has 0 amide bonds. The topological polar surface area (TPSA) is 46.5 Å². The highest BCUT2D eigenvalue weighted by Crippen LogP contribution is 2.61. The number of rotatable bonds is 1. The molecule has 1 unspecified atom stereocenters. The molecule has 1 heterocycles. The Kier molecular flexibility index (Phi) is 2.83. The minimum Gasteiger partial charge on any atom is -0.465 e. The quantitative estimate of drug-likeness (QED) is 0.585. The predicted molar refractivity (Wildman–Crippen MR) is 72.4 cm³/mol. The van der Waals surface area contributed by atoms with E-state index in [1.54, 1.807) is 0 Å². The van der Waals surface area contributed by atoms with Crippen molar-refractivity contribution in [2.45, 2.75) is 52.6 Å². The summed E-state index contributed by atoms with van der Waals surface area (Å²) in [7, 11) is 0. The molecule has 2 fully saturated rings. The lowest BCUT2D eigenvalue weighted by molar-refractivity contribution is -0.145. The molecule has 0 aromatic carbocycles. The number of cyclic esters (lactones) is 1. The second kappa shape index (κ2) is 4.08. The van der Waals surface area contributed by atoms with Crippen LogP contribution in [-0.4, -0.2) is 23.8 Å². The van der Waals surface area contributed by atoms with Crippen LogP contribution in [0.5, 0.6) is 0 Å². The van der Waals surface area contributed by atoms with Gasteiger partial charge < -0.3 is 9.84 Å². The number of allylic oxidation sites excluding steroid dienone is 1. The highest BCUT2D eigenvalue weighted by Gasteiger charge is 2.57. The number of aliphatic hydroxyl groups is 1. The minimum atomic E-state index is -0.326. The Morgan fingerprint density at radius 1 is 1.32 bits per heavy atom. The Bertz CT molecular complexity index is 437. The van der Waals surface area contributed by atoms with Crippen LogP contribution in [0.2, 0.25) is 0 Å². The first-order valence-electron chi connectivity index (χ1n) is 7.43. The third-order valence-corrected chi connectivity index (χ3v) is 5.85. The van der Waals surface area contributed by atoms with Crippen molar-refractivity contribution in [3.05, 3.63) is 11.6 Å². The van der Waals surface area contributed by atoms with E-state index < -0.39 is 0 Å². The summed E-state index contributed by atoms with van der Waals surface area (Å²) >= 11 is 0. The van der Waals surface area contributed by atoms with Crippen molar-refractivity contribution in [3.8, 4) is 0 Å². The van der Waals surface area contributed by atoms with E-state index in [0.29, 0.717) is 6.61 Å². The first-order valence-corrected chi connectivity index (χ1v) is 7.43. The average molecular weight is 264 g/mol. The standard InChI is InChI=1S/C16H24O3/c1-15(2)8-6-13(17)16(3)11(4-5-12(15)16)10-7-9-19-14(10)18/h5,10-11,13,17H,4,6-9H2,1-3H3/t10?,11-,13+,16-/m0/s1. The smallest absolute Gasteiger partial charge is 0.309 e. The van der Waals surface area contributed by atoms with Crippen LogP contribution >= 0.6 is 0 Å². The van der Waals surface area contributed by atoms with E-state index in [9.17, 15) is 9.90 Å². The first-order chi connectivity index (χ1) is 8.87. The minimum absolute atomic E-state index is 0.0256. The molecule has 19 heavy (non-hydrogen) atoms. The fourth-order valence-corrected chi connectivity index (χ4v) is 4.73. The summed E-state index contributed by atoms with van der Waals surface area (Å²) in [5.41, 5.74) is 1.27. The predicted octanol–water partition coefficient (Wildman–Crippen LogP) is 2.68. The summed E-state index contributed by atoms with van der Waals surface area (Å²) in [6.45, 7) is 7.23. The normalized spacial score (nSPS) is 44.7. The number of aliphatic hydroxyl groups excluding tert-OH is 1. The molecular formula is C16H24O3. The van der Waals surface area contributed by atoms with Gasteiger partial charge in [-0.2, -0.15) is 0 Å². The van der Waals surface area contributed by atoms with Crippen LogP contribution < -0.4 is 0 Å². The van der Waals surface area contributed by atoms with Gasteiger partial charge in [-0.3, -0.25) is 4.79 Å². The zero-order valence-corrected chi connectivity index (χ0v) is 12.1. The molecule has 1 N–H and O–H groups in total. The van der Waals surface area contributed by atoms with Crippen LogP contribution in [0.4, 0.5) is 0 Å². The summed E-state index contributed by atoms with van der Waals surface area (Å²) in [6, 6.07) is 0. The molecule has 0 radical (unpaired) electrons. The molecule has 3 aliphatic rings. The maximum absolute atomic E-state index is 11.9. The number of carbonyl (C=O) groups excluding carboxylic acids is 1. The summed E-state index contributed by atoms with van der Waals surface area (Å²) < 4.78 is 5.15. The molecule has 3 rings (SSSR count). The van der Waals surface area contributed by atoms with E-state index in [2.05, 4.69) is 26.8 Å². The van der Waals surface area contributed by atoms with Gasteiger partial charge in [-0.15, -0.1) is 0 Å². The van der Waals surface area contributed by atoms with Crippen molar-refractivity contribution in [3.63, 3.8) is 0 Å². The van der Waals surface area contributed by atoms with Crippen molar-refractivity contribution >= 4 is 5.97 Å². The van der Waals surface area contributed by atoms with Crippen LogP contribution in [0, 0.1) is 22.7 Å². The molecule has 2 aliphatic carbocycles. The van der Waals surface area contributed by atoms with Crippen LogP contribution in [0.3, 0.4) is 0 Å². The molecule has 106 valence electrons. The largest absolute Gasteiger partial charge is 0.465 e. The summed E-state index contributed by atoms with van der Waals surface area (Å²) in [5.74, 6) is 0.130. The molecule has 3 heteroatoms. The second-order valence-electron chi connectivity index (χ2n) is 7.24. The molecule has 1 saturated carbocycles. The van der Waals surface area contributed by atoms with Crippen molar-refractivity contribution in [1.82, 2.24) is 0 Å². The zero-order chi connectivity index (χ0) is 13.8. The fourth-order valence-electron chi connectivity index (χ4n) is 4.73. The van der Waals surface area contributed by atoms with Crippen molar-refractivity contribution in [2.24, 2.45) is 22.7 Å². The third-order valence-electron chi connectivity index (χ3n) is 5.85. The van der Waals surface area contributed by atoms with Crippen LogP contribution in [0.1, 0.15) is 46.5 Å². The zero-order valence-electron chi connectivity index (χ0n) is 12.1. The van der Waals surface area contributed by atoms with Gasteiger partial charge in [-0.05, 0) is 37.0 Å². The highest BCUT2D eigenvalue weighted by atomic mass is 16.5. The van der Waals surface area contributed by atoms with E-state index in [-0.39, 0.29) is 34.7 Å². The lowest BCUT2D eigenvalue weighted by Crippen LogP contribution is -2.48. The third kappa shape index (κ3) is 1.70. The van der Waals surface area contributed by atoms with E-state index in [4.69, 9.17) is 4.74 Å². The van der Waals surface area contributed by atoms with E-state index in [1.807, 2.05) is 0 Å². The number of fused-ring (bicyclic) bond motifs is 1. The molecule has 0 aromatic rings. The highest BCUT2D eigenvalue weighted by molar-refractivity contribution is 5.75. The molecule has 0 bridgehead atoms. The number of esters is 1. The van der Waals surface area contributed by atoms with Crippen LogP contribution in [0.25, 0.3) is 0 Å². The van der Waals surface area contributed by atoms with Gasteiger partial charge in [0.05, 0.1) is 18.6 Å². The van der Waals surface area contributed by atoms with Gasteiger partial charge in [-0.25, -0.2) is 0 Å². The average Bonchev–Trinajstić information content (AvgIpc) is 2.89. The Morgan fingerprint density at radius 2 is 2.05 bits per heavy atom. The lowest BCUT2D eigenvalue weighted by Gasteiger charge is -2.50. The Balaban J connectivity index is 1.97. The van der Waals surface area contributed by atoms with E-state index in [0.717, 1.165) is 25.7 Å². The molecule has 1 aliphatic heterocycles. The number of carbonyl (C=O) groups is 1. The van der Waals surface area contributed by atoms with E-state index in [1.165, 1.54) is 5.57 Å². The maximum Gasteiger partial charge on any atom is 0.309 e. The molecule has 1 saturated heterocycles. The van der Waals surface area contributed by atoms with Gasteiger partial charge in [-0.1, -0.05) is 32.4 Å². The van der Waals surface area contributed by atoms with Crippen LogP contribution in [-0.2, 0) is 9.53 Å². The van der Waals surface area contributed by atoms with Crippen molar-refractivity contribution in [1.29, 1.82) is 0 Å². The fraction of sp³-hybridized carbons (Fsp3) is 0.812. The maximum atomic E-state index is 11.9. The Morgan fingerprint density at radius 3 is 2.68 bits per heavy atom. The number of hydrogen-bond donors (Lipinski definition) is 1. The Hall–Kier alpha value is -0.830. The van der Waals surface area contributed by atoms with Gasteiger partial charge in [0, 0.05) is 5.41 Å². The lowest BCUT2D eigenvalue weighted by atomic mass is 9.55. The van der Waals surface area contributed by atoms with Gasteiger partial charge in [0.15, 0.2) is 0 Å². The molecular weight excluding hydrogens is 240 g/mol. The summed E-state index contributed by atoms with van der Waals surface area (Å²) in [5, 5.41) is 10.6. The van der Waals surface area contributed by atoms with Crippen molar-refractivity contribution < 1.29 is 14.6 Å².